The maximum Gasteiger partial charge on any atom is 0.258 e. The molecular formula is C32H26Cl2N3OP. The van der Waals surface area contributed by atoms with Crippen molar-refractivity contribution in [3.05, 3.63) is 162 Å². The highest BCUT2D eigenvalue weighted by Crippen LogP contribution is 2.61. The van der Waals surface area contributed by atoms with Crippen LogP contribution < -0.4 is 39.0 Å². The Labute approximate surface area is 240 Å². The first-order valence-corrected chi connectivity index (χ1v) is 14.4. The Morgan fingerprint density at radius 2 is 1.13 bits per heavy atom. The van der Waals surface area contributed by atoms with Crippen molar-refractivity contribution >= 4 is 46.5 Å². The van der Waals surface area contributed by atoms with E-state index >= 15 is 0 Å². The van der Waals surface area contributed by atoms with E-state index < -0.39 is 7.26 Å². The summed E-state index contributed by atoms with van der Waals surface area (Å²) in [6.45, 7) is 0. The average molecular weight is 570 g/mol. The van der Waals surface area contributed by atoms with Gasteiger partial charge in [-0.1, -0.05) is 84.4 Å². The number of hydrogen-bond donors (Lipinski definition) is 2. The second-order valence-corrected chi connectivity index (χ2v) is 12.3. The number of anilines is 1. The van der Waals surface area contributed by atoms with Crippen LogP contribution in [-0.4, -0.2) is 10.9 Å². The Balaban J connectivity index is 0.00000353. The summed E-state index contributed by atoms with van der Waals surface area (Å²) in [4.78, 5) is 18.1. The number of nitrogens with one attached hydrogen (secondary N) is 2. The lowest BCUT2D eigenvalue weighted by Gasteiger charge is -2.29. The lowest BCUT2D eigenvalue weighted by Crippen LogP contribution is -3.00. The molecule has 0 aliphatic carbocycles. The number of rotatable bonds is 8. The van der Waals surface area contributed by atoms with Crippen molar-refractivity contribution in [2.75, 3.05) is 5.32 Å². The maximum absolute atomic E-state index is 13.7. The van der Waals surface area contributed by atoms with Gasteiger partial charge >= 0.3 is 0 Å². The molecule has 0 saturated carbocycles. The minimum absolute atomic E-state index is 0. The topological polar surface area (TPSA) is 54.0 Å². The summed E-state index contributed by atoms with van der Waals surface area (Å²) in [5, 5.41) is 10.5. The number of aromatic nitrogens is 1. The fourth-order valence-corrected chi connectivity index (χ4v) is 8.64. The van der Waals surface area contributed by atoms with Crippen molar-refractivity contribution in [3.8, 4) is 0 Å². The normalized spacial score (nSPS) is 11.3. The Morgan fingerprint density at radius 1 is 0.667 bits per heavy atom. The molecule has 0 aliphatic heterocycles. The van der Waals surface area contributed by atoms with E-state index in [1.54, 1.807) is 12.3 Å². The van der Waals surface area contributed by atoms with Crippen molar-refractivity contribution in [1.29, 1.82) is 0 Å². The number of amides is 1. The molecule has 0 unspecified atom stereocenters. The first kappa shape index (κ1) is 28.1. The van der Waals surface area contributed by atoms with Crippen LogP contribution in [0.4, 0.5) is 5.82 Å². The van der Waals surface area contributed by atoms with E-state index in [-0.39, 0.29) is 18.3 Å². The fraction of sp³-hybridized carbons (Fsp3) is 0. The van der Waals surface area contributed by atoms with Gasteiger partial charge in [-0.15, -0.1) is 0 Å². The van der Waals surface area contributed by atoms with Gasteiger partial charge in [0.05, 0.1) is 11.2 Å². The van der Waals surface area contributed by atoms with E-state index in [1.807, 2.05) is 97.2 Å². The summed E-state index contributed by atoms with van der Waals surface area (Å²) < 4.78 is 0. The quantitative estimate of drug-likeness (QED) is 0.282. The molecule has 1 aromatic heterocycles. The third kappa shape index (κ3) is 6.21. The van der Waals surface area contributed by atoms with Gasteiger partial charge in [0.1, 0.15) is 21.7 Å². The van der Waals surface area contributed by atoms with Crippen LogP contribution in [-0.2, 0) is 0 Å². The number of carbonyl (C=O) groups is 1. The number of benzene rings is 4. The van der Waals surface area contributed by atoms with E-state index in [9.17, 15) is 4.79 Å². The Kier molecular flexibility index (Phi) is 9.51. The molecule has 194 valence electrons. The van der Waals surface area contributed by atoms with Crippen LogP contribution in [0.2, 0.25) is 5.02 Å². The first-order chi connectivity index (χ1) is 18.7. The van der Waals surface area contributed by atoms with E-state index in [2.05, 4.69) is 52.0 Å². The molecule has 5 rings (SSSR count). The van der Waals surface area contributed by atoms with Gasteiger partial charge in [-0.25, -0.2) is 4.98 Å². The van der Waals surface area contributed by atoms with E-state index in [0.29, 0.717) is 16.4 Å². The number of halogens is 2. The van der Waals surface area contributed by atoms with Gasteiger partial charge in [0.25, 0.3) is 5.91 Å². The third-order valence-corrected chi connectivity index (χ3v) is 10.6. The van der Waals surface area contributed by atoms with Gasteiger partial charge in [0.15, 0.2) is 12.7 Å². The van der Waals surface area contributed by atoms with Crippen LogP contribution >= 0.6 is 18.9 Å². The van der Waals surface area contributed by atoms with Crippen LogP contribution in [0.25, 0.3) is 0 Å². The molecule has 0 fully saturated rings. The van der Waals surface area contributed by atoms with Gasteiger partial charge in [0, 0.05) is 11.8 Å². The number of carbonyl (C=O) groups excluding carboxylic acids is 1. The van der Waals surface area contributed by atoms with Crippen LogP contribution in [0.5, 0.6) is 0 Å². The second-order valence-electron chi connectivity index (χ2n) is 8.53. The first-order valence-electron chi connectivity index (χ1n) is 12.2. The van der Waals surface area contributed by atoms with Crippen molar-refractivity contribution in [3.63, 3.8) is 0 Å². The zero-order valence-electron chi connectivity index (χ0n) is 20.9. The van der Waals surface area contributed by atoms with Crippen LogP contribution in [0.1, 0.15) is 10.4 Å². The summed E-state index contributed by atoms with van der Waals surface area (Å²) in [6, 6.07) is 43.9. The number of hydrogen-bond acceptors (Lipinski definition) is 3. The van der Waals surface area contributed by atoms with Crippen LogP contribution in [0.15, 0.2) is 151 Å². The lowest BCUT2D eigenvalue weighted by molar-refractivity contribution is -0.0000155. The fourth-order valence-electron chi connectivity index (χ4n) is 4.42. The molecule has 0 atom stereocenters. The van der Waals surface area contributed by atoms with Crippen molar-refractivity contribution < 1.29 is 17.2 Å². The zero-order valence-corrected chi connectivity index (χ0v) is 23.3. The van der Waals surface area contributed by atoms with Crippen molar-refractivity contribution in [2.45, 2.75) is 0 Å². The highest BCUT2D eigenvalue weighted by molar-refractivity contribution is 7.99. The van der Waals surface area contributed by atoms with Crippen LogP contribution in [0.3, 0.4) is 0 Å². The predicted molar refractivity (Wildman–Crippen MR) is 160 cm³/mol. The number of pyridine rings is 1. The third-order valence-electron chi connectivity index (χ3n) is 6.15. The predicted octanol–water partition coefficient (Wildman–Crippen LogP) is 3.37. The average Bonchev–Trinajstić information content (AvgIpc) is 2.99. The molecule has 1 amide bonds. The van der Waals surface area contributed by atoms with Crippen molar-refractivity contribution in [1.82, 2.24) is 10.3 Å². The molecule has 0 aliphatic rings. The van der Waals surface area contributed by atoms with Gasteiger partial charge < -0.3 is 17.7 Å². The monoisotopic (exact) mass is 569 g/mol. The van der Waals surface area contributed by atoms with E-state index in [1.165, 1.54) is 0 Å². The standard InChI is InChI=1S/C32H25ClN3OP.ClH/c33-26-21-22-30(34-23-26)35-24-31(36-32(37)25-13-5-1-6-14-25)38(27-15-7-2-8-16-27,28-17-9-3-10-18-28)29-19-11-4-12-20-29;/h1-24H,(H-,34,35,36,37);1H/b31-24+;. The largest absolute Gasteiger partial charge is 1.00 e. The second kappa shape index (κ2) is 13.2. The Hall–Kier alpha value is -3.95. The Bertz CT molecular complexity index is 1420. The maximum atomic E-state index is 13.7. The molecule has 7 heteroatoms. The smallest absolute Gasteiger partial charge is 0.258 e. The van der Waals surface area contributed by atoms with Crippen molar-refractivity contribution in [2.24, 2.45) is 0 Å². The molecule has 4 aromatic carbocycles. The minimum Gasteiger partial charge on any atom is -1.00 e. The van der Waals surface area contributed by atoms with Gasteiger partial charge in [-0.2, -0.15) is 0 Å². The van der Waals surface area contributed by atoms with Gasteiger partial charge in [-0.05, 0) is 60.7 Å². The van der Waals surface area contributed by atoms with Gasteiger partial charge in [0.2, 0.25) is 0 Å². The summed E-state index contributed by atoms with van der Waals surface area (Å²) >= 11 is 6.07. The van der Waals surface area contributed by atoms with E-state index in [4.69, 9.17) is 11.6 Å². The van der Waals surface area contributed by atoms with E-state index in [0.717, 1.165) is 21.4 Å². The molecule has 5 aromatic rings. The molecule has 0 spiro atoms. The molecular weight excluding hydrogens is 544 g/mol. The molecule has 0 radical (unpaired) electrons. The molecule has 2 N–H and O–H groups in total. The Morgan fingerprint density at radius 3 is 1.56 bits per heavy atom. The molecule has 0 bridgehead atoms. The molecule has 1 heterocycles. The SMILES string of the molecule is O=C(N/C(=C\Nc1ccc(Cl)cn1)[P+](c1ccccc1)(c1ccccc1)c1ccccc1)c1ccccc1.[Cl-]. The number of nitrogens with zero attached hydrogens (tertiary/aromatic N) is 1. The molecule has 39 heavy (non-hydrogen) atoms. The van der Waals surface area contributed by atoms with Gasteiger partial charge in [-0.3, -0.25) is 10.1 Å². The molecule has 0 saturated heterocycles. The van der Waals surface area contributed by atoms with Crippen LogP contribution in [0, 0.1) is 0 Å². The lowest BCUT2D eigenvalue weighted by atomic mass is 10.2. The summed E-state index contributed by atoms with van der Waals surface area (Å²) in [5.41, 5.74) is 1.34. The zero-order chi connectivity index (χ0) is 26.2. The highest BCUT2D eigenvalue weighted by atomic mass is 35.5. The minimum atomic E-state index is -2.57. The summed E-state index contributed by atoms with van der Waals surface area (Å²) in [5.74, 6) is 0.433. The molecule has 4 nitrogen and oxygen atoms in total. The summed E-state index contributed by atoms with van der Waals surface area (Å²) in [6.07, 6.45) is 3.46. The summed E-state index contributed by atoms with van der Waals surface area (Å²) in [7, 11) is -2.57. The highest BCUT2D eigenvalue weighted by Gasteiger charge is 2.50.